The molecule has 1 aromatic carbocycles. The number of aromatic nitrogens is 5. The molecule has 2 N–H and O–H groups in total. The molecule has 0 bridgehead atoms. The molecule has 8 heteroatoms. The molecular weight excluding hydrogens is 366 g/mol. The van der Waals surface area contributed by atoms with E-state index in [1.54, 1.807) is 25.4 Å². The van der Waals surface area contributed by atoms with E-state index in [9.17, 15) is 4.79 Å². The van der Waals surface area contributed by atoms with E-state index in [1.807, 2.05) is 31.2 Å². The van der Waals surface area contributed by atoms with Crippen molar-refractivity contribution in [3.05, 3.63) is 70.8 Å². The van der Waals surface area contributed by atoms with Crippen molar-refractivity contribution >= 4 is 17.2 Å². The summed E-state index contributed by atoms with van der Waals surface area (Å²) in [7, 11) is 1.76. The van der Waals surface area contributed by atoms with Crippen molar-refractivity contribution < 1.29 is 4.79 Å². The summed E-state index contributed by atoms with van der Waals surface area (Å²) in [6, 6.07) is 11.3. The van der Waals surface area contributed by atoms with Gasteiger partial charge in [-0.15, -0.1) is 10.2 Å². The van der Waals surface area contributed by atoms with Crippen LogP contribution in [-0.4, -0.2) is 37.6 Å². The number of aryl methyl sites for hydroxylation is 2. The van der Waals surface area contributed by atoms with E-state index in [-0.39, 0.29) is 11.9 Å². The summed E-state index contributed by atoms with van der Waals surface area (Å²) in [4.78, 5) is 18.2. The second-order valence-corrected chi connectivity index (χ2v) is 7.14. The summed E-state index contributed by atoms with van der Waals surface area (Å²) in [6.07, 6.45) is 2.64. The van der Waals surface area contributed by atoms with Crippen molar-refractivity contribution in [2.75, 3.05) is 11.9 Å². The topological polar surface area (TPSA) is 97.6 Å². The van der Waals surface area contributed by atoms with Crippen molar-refractivity contribution in [3.8, 4) is 0 Å². The lowest BCUT2D eigenvalue weighted by Crippen LogP contribution is -2.29. The van der Waals surface area contributed by atoms with E-state index in [1.165, 1.54) is 10.4 Å². The number of amides is 1. The molecule has 2 aromatic heterocycles. The highest BCUT2D eigenvalue weighted by molar-refractivity contribution is 6.05. The molecule has 3 heterocycles. The zero-order valence-corrected chi connectivity index (χ0v) is 16.7. The molecule has 1 aliphatic heterocycles. The number of pyridine rings is 1. The van der Waals surface area contributed by atoms with Gasteiger partial charge in [-0.2, -0.15) is 4.80 Å². The zero-order chi connectivity index (χ0) is 20.4. The second-order valence-electron chi connectivity index (χ2n) is 7.14. The van der Waals surface area contributed by atoms with Crippen LogP contribution in [0.5, 0.6) is 0 Å². The smallest absolute Gasteiger partial charge is 0.257 e. The maximum absolute atomic E-state index is 12.5. The largest absolute Gasteiger partial charge is 0.322 e. The van der Waals surface area contributed by atoms with Crippen LogP contribution in [0.15, 0.2) is 48.2 Å². The van der Waals surface area contributed by atoms with Crippen molar-refractivity contribution in [2.24, 2.45) is 7.05 Å². The first-order valence-electron chi connectivity index (χ1n) is 9.53. The zero-order valence-electron chi connectivity index (χ0n) is 16.7. The predicted molar refractivity (Wildman–Crippen MR) is 110 cm³/mol. The van der Waals surface area contributed by atoms with Crippen molar-refractivity contribution in [3.63, 3.8) is 0 Å². The van der Waals surface area contributed by atoms with Gasteiger partial charge in [0.1, 0.15) is 0 Å². The van der Waals surface area contributed by atoms with Crippen LogP contribution in [0, 0.1) is 6.92 Å². The first-order chi connectivity index (χ1) is 14.0. The summed E-state index contributed by atoms with van der Waals surface area (Å²) in [6.45, 7) is 4.83. The fourth-order valence-corrected chi connectivity index (χ4v) is 3.59. The monoisotopic (exact) mass is 389 g/mol. The van der Waals surface area contributed by atoms with Gasteiger partial charge < -0.3 is 10.6 Å². The predicted octanol–water partition coefficient (Wildman–Crippen LogP) is 2.67. The van der Waals surface area contributed by atoms with Gasteiger partial charge in [0.05, 0.1) is 18.7 Å². The number of nitrogens with one attached hydrogen (secondary N) is 2. The van der Waals surface area contributed by atoms with Crippen LogP contribution in [-0.2, 0) is 7.05 Å². The molecule has 0 aliphatic carbocycles. The van der Waals surface area contributed by atoms with Crippen LogP contribution in [0.25, 0.3) is 5.57 Å². The minimum atomic E-state index is -0.167. The number of tetrazole rings is 1. The Labute approximate surface area is 169 Å². The lowest BCUT2D eigenvalue weighted by molar-refractivity contribution is 0.102. The Morgan fingerprint density at radius 2 is 2.00 bits per heavy atom. The first-order valence-corrected chi connectivity index (χ1v) is 9.53. The number of hydrogen-bond donors (Lipinski definition) is 2. The van der Waals surface area contributed by atoms with Gasteiger partial charge in [-0.25, -0.2) is 0 Å². The summed E-state index contributed by atoms with van der Waals surface area (Å²) in [5.41, 5.74) is 5.53. The average Bonchev–Trinajstić information content (AvgIpc) is 3.15. The first kappa shape index (κ1) is 18.9. The van der Waals surface area contributed by atoms with Gasteiger partial charge in [-0.05, 0) is 67.4 Å². The van der Waals surface area contributed by atoms with E-state index >= 15 is 0 Å². The van der Waals surface area contributed by atoms with Gasteiger partial charge >= 0.3 is 0 Å². The average molecular weight is 389 g/mol. The van der Waals surface area contributed by atoms with Gasteiger partial charge in [-0.1, -0.05) is 17.7 Å². The van der Waals surface area contributed by atoms with E-state index in [2.05, 4.69) is 38.0 Å². The van der Waals surface area contributed by atoms with Gasteiger partial charge in [0.15, 0.2) is 5.82 Å². The summed E-state index contributed by atoms with van der Waals surface area (Å²) < 4.78 is 0. The number of carbonyl (C=O) groups is 1. The fourth-order valence-electron chi connectivity index (χ4n) is 3.59. The summed E-state index contributed by atoms with van der Waals surface area (Å²) in [5.74, 6) is 0.491. The highest BCUT2D eigenvalue weighted by atomic mass is 16.1. The number of carbonyl (C=O) groups excluding carboxylic acids is 1. The van der Waals surface area contributed by atoms with E-state index < -0.39 is 0 Å². The quantitative estimate of drug-likeness (QED) is 0.712. The molecule has 3 aromatic rings. The third-order valence-corrected chi connectivity index (χ3v) is 5.08. The number of benzene rings is 1. The molecule has 8 nitrogen and oxygen atoms in total. The molecule has 0 saturated carbocycles. The maximum Gasteiger partial charge on any atom is 0.257 e. The number of anilines is 1. The van der Waals surface area contributed by atoms with Crippen LogP contribution < -0.4 is 10.6 Å². The van der Waals surface area contributed by atoms with E-state index in [4.69, 9.17) is 0 Å². The Balaban J connectivity index is 1.58. The molecule has 1 amide bonds. The van der Waals surface area contributed by atoms with Crippen LogP contribution >= 0.6 is 0 Å². The highest BCUT2D eigenvalue weighted by Gasteiger charge is 2.27. The highest BCUT2D eigenvalue weighted by Crippen LogP contribution is 2.35. The van der Waals surface area contributed by atoms with Gasteiger partial charge in [-0.3, -0.25) is 9.78 Å². The molecule has 1 unspecified atom stereocenters. The van der Waals surface area contributed by atoms with E-state index in [0.717, 1.165) is 29.8 Å². The van der Waals surface area contributed by atoms with Crippen molar-refractivity contribution in [2.45, 2.75) is 26.3 Å². The second kappa shape index (κ2) is 7.92. The third kappa shape index (κ3) is 3.93. The third-order valence-electron chi connectivity index (χ3n) is 5.08. The molecule has 1 aliphatic rings. The van der Waals surface area contributed by atoms with Crippen LogP contribution in [0.1, 0.15) is 46.8 Å². The minimum absolute atomic E-state index is 0.101. The molecule has 0 fully saturated rings. The Hall–Kier alpha value is -3.39. The fraction of sp³-hybridized carbons (Fsp3) is 0.286. The SMILES string of the molecule is CC1=C(c2ccc(NC(=O)c3cccnc3C)cc2)C(c2nnn(C)n2)NCC1. The van der Waals surface area contributed by atoms with Gasteiger partial charge in [0, 0.05) is 17.6 Å². The number of nitrogens with zero attached hydrogens (tertiary/aromatic N) is 5. The Bertz CT molecular complexity index is 1070. The normalized spacial score (nSPS) is 16.7. The van der Waals surface area contributed by atoms with Gasteiger partial charge in [0.2, 0.25) is 0 Å². The molecular formula is C21H23N7O. The summed E-state index contributed by atoms with van der Waals surface area (Å²) >= 11 is 0. The lowest BCUT2D eigenvalue weighted by atomic mass is 9.89. The van der Waals surface area contributed by atoms with Crippen LogP contribution in [0.4, 0.5) is 5.69 Å². The minimum Gasteiger partial charge on any atom is -0.322 e. The molecule has 0 radical (unpaired) electrons. The number of hydrogen-bond acceptors (Lipinski definition) is 6. The van der Waals surface area contributed by atoms with Crippen molar-refractivity contribution in [1.82, 2.24) is 30.5 Å². The number of rotatable bonds is 4. The molecule has 0 spiro atoms. The van der Waals surface area contributed by atoms with Crippen LogP contribution in [0.2, 0.25) is 0 Å². The molecule has 1 atom stereocenters. The van der Waals surface area contributed by atoms with E-state index in [0.29, 0.717) is 17.1 Å². The summed E-state index contributed by atoms with van der Waals surface area (Å²) in [5, 5.41) is 19.0. The maximum atomic E-state index is 12.5. The standard InChI is InChI=1S/C21H23N7O/c1-13-10-12-23-19(20-25-27-28(3)26-20)18(13)15-6-8-16(9-7-15)24-21(29)17-5-4-11-22-14(17)2/h4-9,11,19,23H,10,12H2,1-3H3,(H,24,29). The van der Waals surface area contributed by atoms with Gasteiger partial charge in [0.25, 0.3) is 5.91 Å². The molecule has 4 rings (SSSR count). The molecule has 29 heavy (non-hydrogen) atoms. The Morgan fingerprint density at radius 1 is 1.21 bits per heavy atom. The Morgan fingerprint density at radius 3 is 2.69 bits per heavy atom. The lowest BCUT2D eigenvalue weighted by Gasteiger charge is -2.27. The molecule has 0 saturated heterocycles. The molecule has 148 valence electrons. The Kier molecular flexibility index (Phi) is 5.18. The van der Waals surface area contributed by atoms with Crippen molar-refractivity contribution in [1.29, 1.82) is 0 Å². The van der Waals surface area contributed by atoms with Crippen LogP contribution in [0.3, 0.4) is 0 Å².